The number of fused-ring (bicyclic) bond motifs is 1. The van der Waals surface area contributed by atoms with Gasteiger partial charge in [0.05, 0.1) is 12.6 Å². The van der Waals surface area contributed by atoms with Crippen LogP contribution in [-0.2, 0) is 11.2 Å². The van der Waals surface area contributed by atoms with Crippen molar-refractivity contribution in [2.75, 3.05) is 12.4 Å². The first kappa shape index (κ1) is 16.6. The molecule has 0 saturated heterocycles. The number of carboxylic acid groups (broad SMARTS) is 1. The van der Waals surface area contributed by atoms with E-state index >= 15 is 0 Å². The van der Waals surface area contributed by atoms with E-state index in [2.05, 4.69) is 15.3 Å². The van der Waals surface area contributed by atoms with Gasteiger partial charge in [0.25, 0.3) is 0 Å². The molecule has 6 nitrogen and oxygen atoms in total. The third-order valence-electron chi connectivity index (χ3n) is 3.55. The van der Waals surface area contributed by atoms with Crippen molar-refractivity contribution in [2.24, 2.45) is 0 Å². The van der Waals surface area contributed by atoms with Crippen LogP contribution in [0.25, 0.3) is 10.9 Å². The number of aromatic nitrogens is 2. The summed E-state index contributed by atoms with van der Waals surface area (Å²) in [6.07, 6.45) is 0.945. The van der Waals surface area contributed by atoms with Crippen LogP contribution < -0.4 is 15.2 Å². The Kier molecular flexibility index (Phi) is 4.42. The van der Waals surface area contributed by atoms with Crippen LogP contribution in [0, 0.1) is 11.6 Å². The number of benzene rings is 2. The van der Waals surface area contributed by atoms with Gasteiger partial charge >= 0.3 is 0 Å². The first-order valence-corrected chi connectivity index (χ1v) is 7.21. The topological polar surface area (TPSA) is 87.2 Å². The molecule has 3 aromatic rings. The van der Waals surface area contributed by atoms with E-state index in [0.717, 1.165) is 12.1 Å². The molecule has 0 amide bonds. The van der Waals surface area contributed by atoms with Crippen LogP contribution in [0.4, 0.5) is 20.3 Å². The number of methoxy groups -OCH3 is 1. The van der Waals surface area contributed by atoms with Gasteiger partial charge in [-0.2, -0.15) is 0 Å². The predicted octanol–water partition coefficient (Wildman–Crippen LogP) is 1.95. The summed E-state index contributed by atoms with van der Waals surface area (Å²) in [7, 11) is 1.42. The Balaban J connectivity index is 2.08. The molecule has 1 heterocycles. The number of hydrogen-bond donors (Lipinski definition) is 1. The molecule has 8 heteroatoms. The van der Waals surface area contributed by atoms with Gasteiger partial charge < -0.3 is 20.0 Å². The highest BCUT2D eigenvalue weighted by molar-refractivity contribution is 5.93. The second-order valence-corrected chi connectivity index (χ2v) is 5.21. The van der Waals surface area contributed by atoms with Gasteiger partial charge in [-0.05, 0) is 18.2 Å². The summed E-state index contributed by atoms with van der Waals surface area (Å²) in [6, 6.07) is 6.48. The lowest BCUT2D eigenvalue weighted by atomic mass is 10.1. The number of carboxylic acids is 1. The Labute approximate surface area is 141 Å². The van der Waals surface area contributed by atoms with E-state index in [4.69, 9.17) is 4.74 Å². The minimum atomic E-state index is -1.26. The van der Waals surface area contributed by atoms with E-state index < -0.39 is 17.6 Å². The molecule has 0 atom stereocenters. The van der Waals surface area contributed by atoms with Crippen molar-refractivity contribution in [3.8, 4) is 5.75 Å². The summed E-state index contributed by atoms with van der Waals surface area (Å²) in [5.41, 5.74) is 1.17. The summed E-state index contributed by atoms with van der Waals surface area (Å²) < 4.78 is 31.6. The highest BCUT2D eigenvalue weighted by atomic mass is 19.2. The molecule has 25 heavy (non-hydrogen) atoms. The Morgan fingerprint density at radius 2 is 2.00 bits per heavy atom. The van der Waals surface area contributed by atoms with Crippen LogP contribution in [-0.4, -0.2) is 23.0 Å². The summed E-state index contributed by atoms with van der Waals surface area (Å²) in [4.78, 5) is 19.1. The lowest BCUT2D eigenvalue weighted by molar-refractivity contribution is -0.304. The number of halogens is 2. The first-order chi connectivity index (χ1) is 12.0. The maximum Gasteiger partial charge on any atom is 0.160 e. The molecule has 0 aliphatic carbocycles. The van der Waals surface area contributed by atoms with Crippen molar-refractivity contribution >= 4 is 28.4 Å². The lowest BCUT2D eigenvalue weighted by Gasteiger charge is -2.13. The molecule has 128 valence electrons. The van der Waals surface area contributed by atoms with Crippen LogP contribution >= 0.6 is 0 Å². The van der Waals surface area contributed by atoms with Gasteiger partial charge in [0, 0.05) is 41.2 Å². The molecule has 0 saturated carbocycles. The fraction of sp³-hybridized carbons (Fsp3) is 0.118. The molecular weight excluding hydrogens is 332 g/mol. The standard InChI is InChI=1S/C17H13F2N3O3/c1-25-15-7-14-11(4-9(15)5-16(23)24)17(21-8-20-14)22-10-2-3-12(18)13(19)6-10/h2-4,6-8H,5H2,1H3,(H,23,24)(H,20,21,22)/p-1. The fourth-order valence-corrected chi connectivity index (χ4v) is 2.42. The number of carbonyl (C=O) groups is 1. The van der Waals surface area contributed by atoms with Gasteiger partial charge in [-0.25, -0.2) is 18.7 Å². The largest absolute Gasteiger partial charge is 0.550 e. The maximum atomic E-state index is 13.4. The molecule has 0 spiro atoms. The van der Waals surface area contributed by atoms with E-state index in [-0.39, 0.29) is 12.1 Å². The number of ether oxygens (including phenoxy) is 1. The van der Waals surface area contributed by atoms with Gasteiger partial charge in [0.1, 0.15) is 17.9 Å². The maximum absolute atomic E-state index is 13.4. The van der Waals surface area contributed by atoms with Crippen molar-refractivity contribution < 1.29 is 23.4 Å². The average Bonchev–Trinajstić information content (AvgIpc) is 2.57. The van der Waals surface area contributed by atoms with E-state index in [1.807, 2.05) is 0 Å². The molecule has 1 aromatic heterocycles. The summed E-state index contributed by atoms with van der Waals surface area (Å²) in [5.74, 6) is -2.54. The molecule has 0 aliphatic rings. The van der Waals surface area contributed by atoms with Gasteiger partial charge in [-0.3, -0.25) is 0 Å². The molecule has 0 unspecified atom stereocenters. The van der Waals surface area contributed by atoms with E-state index in [1.165, 1.54) is 19.5 Å². The highest BCUT2D eigenvalue weighted by Gasteiger charge is 2.12. The van der Waals surface area contributed by atoms with Crippen molar-refractivity contribution in [3.05, 3.63) is 53.9 Å². The van der Waals surface area contributed by atoms with E-state index in [9.17, 15) is 18.7 Å². The minimum Gasteiger partial charge on any atom is -0.550 e. The van der Waals surface area contributed by atoms with Crippen LogP contribution in [0.1, 0.15) is 5.56 Å². The highest BCUT2D eigenvalue weighted by Crippen LogP contribution is 2.30. The third kappa shape index (κ3) is 3.47. The lowest BCUT2D eigenvalue weighted by Crippen LogP contribution is -2.24. The molecule has 0 fully saturated rings. The molecule has 1 N–H and O–H groups in total. The number of nitrogens with zero attached hydrogens (tertiary/aromatic N) is 2. The summed E-state index contributed by atoms with van der Waals surface area (Å²) >= 11 is 0. The predicted molar refractivity (Wildman–Crippen MR) is 84.4 cm³/mol. The van der Waals surface area contributed by atoms with Crippen LogP contribution in [0.5, 0.6) is 5.75 Å². The zero-order chi connectivity index (χ0) is 18.0. The number of nitrogens with one attached hydrogen (secondary N) is 1. The van der Waals surface area contributed by atoms with Crippen molar-refractivity contribution in [1.29, 1.82) is 0 Å². The smallest absolute Gasteiger partial charge is 0.160 e. The Hall–Kier alpha value is -3.29. The molecule has 0 bridgehead atoms. The second-order valence-electron chi connectivity index (χ2n) is 5.21. The van der Waals surface area contributed by atoms with Gasteiger partial charge in [0.15, 0.2) is 11.6 Å². The number of hydrogen-bond acceptors (Lipinski definition) is 6. The van der Waals surface area contributed by atoms with E-state index in [1.54, 1.807) is 12.1 Å². The van der Waals surface area contributed by atoms with Crippen LogP contribution in [0.15, 0.2) is 36.7 Å². The SMILES string of the molecule is COc1cc2ncnc(Nc3ccc(F)c(F)c3)c2cc1CC(=O)[O-]. The average molecular weight is 344 g/mol. The van der Waals surface area contributed by atoms with Crippen molar-refractivity contribution in [2.45, 2.75) is 6.42 Å². The van der Waals surface area contributed by atoms with Crippen molar-refractivity contribution in [1.82, 2.24) is 9.97 Å². The molecule has 2 aromatic carbocycles. The summed E-state index contributed by atoms with van der Waals surface area (Å²) in [5, 5.41) is 14.3. The fourth-order valence-electron chi connectivity index (χ4n) is 2.42. The number of anilines is 2. The Morgan fingerprint density at radius 1 is 1.20 bits per heavy atom. The number of rotatable bonds is 5. The Morgan fingerprint density at radius 3 is 2.68 bits per heavy atom. The zero-order valence-electron chi connectivity index (χ0n) is 13.0. The number of aliphatic carboxylic acids is 1. The van der Waals surface area contributed by atoms with Gasteiger partial charge in [-0.1, -0.05) is 0 Å². The minimum absolute atomic E-state index is 0.288. The molecular formula is C17H12F2N3O3-. The van der Waals surface area contributed by atoms with E-state index in [0.29, 0.717) is 28.0 Å². The van der Waals surface area contributed by atoms with Gasteiger partial charge in [-0.15, -0.1) is 0 Å². The third-order valence-corrected chi connectivity index (χ3v) is 3.55. The molecule has 0 radical (unpaired) electrons. The Bertz CT molecular complexity index is 963. The van der Waals surface area contributed by atoms with Crippen LogP contribution in [0.2, 0.25) is 0 Å². The quantitative estimate of drug-likeness (QED) is 0.761. The van der Waals surface area contributed by atoms with Crippen LogP contribution in [0.3, 0.4) is 0 Å². The normalized spacial score (nSPS) is 10.7. The first-order valence-electron chi connectivity index (χ1n) is 7.21. The summed E-state index contributed by atoms with van der Waals surface area (Å²) in [6.45, 7) is 0. The van der Waals surface area contributed by atoms with Crippen molar-refractivity contribution in [3.63, 3.8) is 0 Å². The molecule has 0 aliphatic heterocycles. The zero-order valence-corrected chi connectivity index (χ0v) is 13.0. The van der Waals surface area contributed by atoms with Gasteiger partial charge in [0.2, 0.25) is 0 Å². The second kappa shape index (κ2) is 6.68. The molecule has 3 rings (SSSR count). The number of carbonyl (C=O) groups excluding carboxylic acids is 1. The monoisotopic (exact) mass is 344 g/mol.